The summed E-state index contributed by atoms with van der Waals surface area (Å²) in [6.07, 6.45) is 0. The molecule has 0 atom stereocenters. The Kier molecular flexibility index (Phi) is 5.83. The van der Waals surface area contributed by atoms with E-state index in [0.29, 0.717) is 12.2 Å². The maximum atomic E-state index is 12.1. The van der Waals surface area contributed by atoms with Crippen molar-refractivity contribution in [2.45, 2.75) is 13.8 Å². The lowest BCUT2D eigenvalue weighted by Crippen LogP contribution is -2.37. The van der Waals surface area contributed by atoms with Crippen LogP contribution < -0.4 is 16.2 Å². The Morgan fingerprint density at radius 1 is 1.04 bits per heavy atom. The van der Waals surface area contributed by atoms with Gasteiger partial charge in [0.05, 0.1) is 5.69 Å². The van der Waals surface area contributed by atoms with Crippen molar-refractivity contribution in [3.05, 3.63) is 58.5 Å². The second-order valence-electron chi connectivity index (χ2n) is 5.51. The predicted octanol–water partition coefficient (Wildman–Crippen LogP) is 0.734. The van der Waals surface area contributed by atoms with E-state index in [1.165, 1.54) is 16.8 Å². The fraction of sp³-hybridized carbons (Fsp3) is 0.294. The predicted molar refractivity (Wildman–Crippen MR) is 90.0 cm³/mol. The maximum Gasteiger partial charge on any atom is 0.271 e. The number of carbonyl (C=O) groups excluding carboxylic acids is 2. The fourth-order valence-corrected chi connectivity index (χ4v) is 1.94. The molecule has 0 unspecified atom stereocenters. The van der Waals surface area contributed by atoms with Gasteiger partial charge in [0.1, 0.15) is 5.69 Å². The van der Waals surface area contributed by atoms with Crippen LogP contribution in [0.4, 0.5) is 0 Å². The normalized spacial score (nSPS) is 10.5. The van der Waals surface area contributed by atoms with Gasteiger partial charge in [0.25, 0.3) is 11.5 Å². The lowest BCUT2D eigenvalue weighted by atomic mass is 10.2. The molecule has 7 heteroatoms. The van der Waals surface area contributed by atoms with Crippen molar-refractivity contribution in [1.29, 1.82) is 0 Å². The minimum Gasteiger partial charge on any atom is -0.354 e. The Labute approximate surface area is 139 Å². The third kappa shape index (κ3) is 4.52. The monoisotopic (exact) mass is 328 g/mol. The number of benzene rings is 1. The molecule has 126 valence electrons. The van der Waals surface area contributed by atoms with Crippen LogP contribution in [0.5, 0.6) is 0 Å². The highest BCUT2D eigenvalue weighted by Gasteiger charge is 2.11. The van der Waals surface area contributed by atoms with E-state index >= 15 is 0 Å². The van der Waals surface area contributed by atoms with E-state index in [1.807, 2.05) is 6.07 Å². The summed E-state index contributed by atoms with van der Waals surface area (Å²) < 4.78 is 1.18. The molecule has 2 aromatic rings. The average Bonchev–Trinajstić information content (AvgIpc) is 2.59. The number of aromatic nitrogens is 2. The summed E-state index contributed by atoms with van der Waals surface area (Å²) in [5.74, 6) is -0.574. The van der Waals surface area contributed by atoms with Crippen LogP contribution in [0.25, 0.3) is 5.69 Å². The Morgan fingerprint density at radius 2 is 1.71 bits per heavy atom. The minimum absolute atomic E-state index is 0.0694. The van der Waals surface area contributed by atoms with E-state index in [2.05, 4.69) is 15.7 Å². The van der Waals surface area contributed by atoms with Gasteiger partial charge in [0.15, 0.2) is 0 Å². The number of rotatable bonds is 6. The molecule has 1 aromatic carbocycles. The van der Waals surface area contributed by atoms with Crippen LogP contribution in [0.2, 0.25) is 0 Å². The van der Waals surface area contributed by atoms with Crippen molar-refractivity contribution in [3.63, 3.8) is 0 Å². The van der Waals surface area contributed by atoms with Gasteiger partial charge in [-0.25, -0.2) is 0 Å². The van der Waals surface area contributed by atoms with Crippen molar-refractivity contribution in [3.8, 4) is 5.69 Å². The molecule has 0 aliphatic carbocycles. The second kappa shape index (κ2) is 8.05. The van der Waals surface area contributed by atoms with Crippen LogP contribution in [0.15, 0.2) is 47.3 Å². The first kappa shape index (κ1) is 17.4. The SMILES string of the molecule is CC(C)C(=O)NCCNC(=O)c1ccc(=O)n(-c2ccccc2)n1. The minimum atomic E-state index is -0.404. The number of amides is 2. The number of hydrogen-bond acceptors (Lipinski definition) is 4. The summed E-state index contributed by atoms with van der Waals surface area (Å²) in [6, 6.07) is 11.5. The van der Waals surface area contributed by atoms with Gasteiger partial charge in [0, 0.05) is 25.1 Å². The van der Waals surface area contributed by atoms with Crippen LogP contribution >= 0.6 is 0 Å². The van der Waals surface area contributed by atoms with E-state index in [-0.39, 0.29) is 29.6 Å². The van der Waals surface area contributed by atoms with E-state index < -0.39 is 5.91 Å². The van der Waals surface area contributed by atoms with Crippen LogP contribution in [0.3, 0.4) is 0 Å². The highest BCUT2D eigenvalue weighted by Crippen LogP contribution is 2.02. The molecule has 7 nitrogen and oxygen atoms in total. The molecular formula is C17H20N4O3. The number of hydrogen-bond donors (Lipinski definition) is 2. The molecule has 0 aliphatic rings. The van der Waals surface area contributed by atoms with Gasteiger partial charge in [-0.15, -0.1) is 0 Å². The zero-order valence-corrected chi connectivity index (χ0v) is 13.7. The number of para-hydroxylation sites is 1. The summed E-state index contributed by atoms with van der Waals surface area (Å²) in [7, 11) is 0. The van der Waals surface area contributed by atoms with Crippen LogP contribution in [-0.4, -0.2) is 34.7 Å². The second-order valence-corrected chi connectivity index (χ2v) is 5.51. The molecule has 0 radical (unpaired) electrons. The molecule has 0 fully saturated rings. The lowest BCUT2D eigenvalue weighted by molar-refractivity contribution is -0.123. The van der Waals surface area contributed by atoms with Crippen molar-refractivity contribution >= 4 is 11.8 Å². The topological polar surface area (TPSA) is 93.1 Å². The molecule has 2 rings (SSSR count). The van der Waals surface area contributed by atoms with Gasteiger partial charge >= 0.3 is 0 Å². The molecule has 0 saturated carbocycles. The summed E-state index contributed by atoms with van der Waals surface area (Å²) in [4.78, 5) is 35.5. The van der Waals surface area contributed by atoms with Crippen LogP contribution in [0, 0.1) is 5.92 Å². The molecule has 2 amide bonds. The maximum absolute atomic E-state index is 12.1. The molecule has 0 bridgehead atoms. The number of nitrogens with zero attached hydrogens (tertiary/aromatic N) is 2. The summed E-state index contributed by atoms with van der Waals surface area (Å²) in [6.45, 7) is 4.21. The van der Waals surface area contributed by atoms with Gasteiger partial charge in [-0.1, -0.05) is 32.0 Å². The highest BCUT2D eigenvalue weighted by atomic mass is 16.2. The molecule has 24 heavy (non-hydrogen) atoms. The van der Waals surface area contributed by atoms with E-state index in [1.54, 1.807) is 38.1 Å². The first-order valence-corrected chi connectivity index (χ1v) is 7.71. The Morgan fingerprint density at radius 3 is 2.38 bits per heavy atom. The summed E-state index contributed by atoms with van der Waals surface area (Å²) in [5.41, 5.74) is 0.400. The molecule has 0 saturated heterocycles. The standard InChI is InChI=1S/C17H20N4O3/c1-12(2)16(23)18-10-11-19-17(24)14-8-9-15(22)21(20-14)13-6-4-3-5-7-13/h3-9,12H,10-11H2,1-2H3,(H,18,23)(H,19,24). The van der Waals surface area contributed by atoms with Crippen molar-refractivity contribution in [1.82, 2.24) is 20.4 Å². The zero-order chi connectivity index (χ0) is 17.5. The van der Waals surface area contributed by atoms with Gasteiger partial charge in [0.2, 0.25) is 5.91 Å². The Bertz CT molecular complexity index is 769. The zero-order valence-electron chi connectivity index (χ0n) is 13.7. The first-order chi connectivity index (χ1) is 11.5. The average molecular weight is 328 g/mol. The van der Waals surface area contributed by atoms with Crippen molar-refractivity contribution in [2.75, 3.05) is 13.1 Å². The van der Waals surface area contributed by atoms with Gasteiger partial charge in [-0.05, 0) is 18.2 Å². The van der Waals surface area contributed by atoms with Crippen molar-refractivity contribution < 1.29 is 9.59 Å². The first-order valence-electron chi connectivity index (χ1n) is 7.71. The quantitative estimate of drug-likeness (QED) is 0.765. The summed E-state index contributed by atoms with van der Waals surface area (Å²) in [5, 5.41) is 9.46. The van der Waals surface area contributed by atoms with Crippen LogP contribution in [-0.2, 0) is 4.79 Å². The lowest BCUT2D eigenvalue weighted by Gasteiger charge is -2.09. The van der Waals surface area contributed by atoms with Gasteiger partial charge in [-0.2, -0.15) is 9.78 Å². The third-order valence-electron chi connectivity index (χ3n) is 3.27. The van der Waals surface area contributed by atoms with Crippen LogP contribution in [0.1, 0.15) is 24.3 Å². The van der Waals surface area contributed by atoms with E-state index in [9.17, 15) is 14.4 Å². The Hall–Kier alpha value is -2.96. The van der Waals surface area contributed by atoms with Gasteiger partial charge in [-0.3, -0.25) is 14.4 Å². The molecule has 1 heterocycles. The molecule has 0 aliphatic heterocycles. The molecule has 0 spiro atoms. The van der Waals surface area contributed by atoms with E-state index in [0.717, 1.165) is 0 Å². The molecule has 2 N–H and O–H groups in total. The van der Waals surface area contributed by atoms with Gasteiger partial charge < -0.3 is 10.6 Å². The van der Waals surface area contributed by atoms with Crippen molar-refractivity contribution in [2.24, 2.45) is 5.92 Å². The number of carbonyl (C=O) groups is 2. The largest absolute Gasteiger partial charge is 0.354 e. The summed E-state index contributed by atoms with van der Waals surface area (Å²) >= 11 is 0. The fourth-order valence-electron chi connectivity index (χ4n) is 1.94. The molecular weight excluding hydrogens is 308 g/mol. The smallest absolute Gasteiger partial charge is 0.271 e. The third-order valence-corrected chi connectivity index (χ3v) is 3.27. The molecule has 1 aromatic heterocycles. The highest BCUT2D eigenvalue weighted by molar-refractivity contribution is 5.92. The van der Waals surface area contributed by atoms with E-state index in [4.69, 9.17) is 0 Å². The number of nitrogens with one attached hydrogen (secondary N) is 2. The Balaban J connectivity index is 2.01.